The minimum absolute atomic E-state index is 0.185. The van der Waals surface area contributed by atoms with E-state index >= 15 is 0 Å². The van der Waals surface area contributed by atoms with E-state index in [1.54, 1.807) is 6.07 Å². The van der Waals surface area contributed by atoms with Crippen molar-refractivity contribution in [2.24, 2.45) is 0 Å². The van der Waals surface area contributed by atoms with Gasteiger partial charge in [0, 0.05) is 12.2 Å². The van der Waals surface area contributed by atoms with E-state index < -0.39 is 0 Å². The number of carbonyl (C=O) groups excluding carboxylic acids is 1. The van der Waals surface area contributed by atoms with E-state index in [1.807, 2.05) is 30.7 Å². The highest BCUT2D eigenvalue weighted by molar-refractivity contribution is 6.02. The third kappa shape index (κ3) is 2.34. The molecule has 0 bridgehead atoms. The van der Waals surface area contributed by atoms with E-state index in [-0.39, 0.29) is 23.9 Å². The van der Waals surface area contributed by atoms with E-state index in [4.69, 9.17) is 4.74 Å². The molecule has 0 saturated carbocycles. The number of aromatic amines is 1. The van der Waals surface area contributed by atoms with Crippen LogP contribution in [0.25, 0.3) is 0 Å². The molecule has 2 rings (SSSR count). The number of anilines is 1. The van der Waals surface area contributed by atoms with Crippen LogP contribution < -0.4 is 10.1 Å². The second-order valence-corrected chi connectivity index (χ2v) is 4.02. The van der Waals surface area contributed by atoms with Crippen molar-refractivity contribution in [3.05, 3.63) is 24.0 Å². The third-order valence-corrected chi connectivity index (χ3v) is 2.45. The van der Waals surface area contributed by atoms with Crippen LogP contribution in [0.5, 0.6) is 6.01 Å². The van der Waals surface area contributed by atoms with Gasteiger partial charge in [0.1, 0.15) is 5.69 Å². The highest BCUT2D eigenvalue weighted by Crippen LogP contribution is 2.13. The molecule has 7 nitrogen and oxygen atoms in total. The molecule has 2 aromatic rings. The summed E-state index contributed by atoms with van der Waals surface area (Å²) in [5.74, 6) is 0.0147. The molecule has 2 heterocycles. The Kier molecular flexibility index (Phi) is 3.31. The second-order valence-electron chi connectivity index (χ2n) is 4.02. The van der Waals surface area contributed by atoms with Gasteiger partial charge in [0.2, 0.25) is 5.95 Å². The molecule has 0 spiro atoms. The predicted octanol–water partition coefficient (Wildman–Crippen LogP) is 1.45. The number of carbonyl (C=O) groups is 1. The van der Waals surface area contributed by atoms with Gasteiger partial charge in [0.25, 0.3) is 5.91 Å². The van der Waals surface area contributed by atoms with Gasteiger partial charge in [0.15, 0.2) is 0 Å². The Labute approximate surface area is 104 Å². The molecule has 0 fully saturated rings. The lowest BCUT2D eigenvalue weighted by Gasteiger charge is -2.11. The number of rotatable bonds is 4. The zero-order chi connectivity index (χ0) is 13.1. The number of nitrogens with one attached hydrogen (secondary N) is 2. The van der Waals surface area contributed by atoms with Crippen LogP contribution in [0, 0.1) is 0 Å². The molecular formula is C11H15N5O2. The number of H-pyrrole nitrogens is 1. The Morgan fingerprint density at radius 3 is 2.94 bits per heavy atom. The summed E-state index contributed by atoms with van der Waals surface area (Å²) in [5.41, 5.74) is 0.570. The Balaban J connectivity index is 2.14. The van der Waals surface area contributed by atoms with E-state index in [0.717, 1.165) is 0 Å². The number of amides is 1. The van der Waals surface area contributed by atoms with Gasteiger partial charge in [-0.2, -0.15) is 4.98 Å². The fourth-order valence-electron chi connectivity index (χ4n) is 1.60. The van der Waals surface area contributed by atoms with Gasteiger partial charge in [-0.15, -0.1) is 5.10 Å². The Hall–Kier alpha value is -2.31. The van der Waals surface area contributed by atoms with Crippen LogP contribution in [-0.4, -0.2) is 32.8 Å². The molecule has 0 aliphatic rings. The fraction of sp³-hybridized carbons (Fsp3) is 0.364. The van der Waals surface area contributed by atoms with Gasteiger partial charge >= 0.3 is 6.01 Å². The first-order valence-electron chi connectivity index (χ1n) is 5.56. The lowest BCUT2D eigenvalue weighted by atomic mass is 10.3. The van der Waals surface area contributed by atoms with Crippen molar-refractivity contribution >= 4 is 11.9 Å². The summed E-state index contributed by atoms with van der Waals surface area (Å²) in [5, 5.41) is 8.94. The average molecular weight is 249 g/mol. The molecule has 0 saturated heterocycles. The first-order valence-corrected chi connectivity index (χ1v) is 5.56. The summed E-state index contributed by atoms with van der Waals surface area (Å²) in [6.07, 6.45) is 1.86. The molecule has 0 radical (unpaired) electrons. The zero-order valence-electron chi connectivity index (χ0n) is 10.5. The molecular weight excluding hydrogens is 234 g/mol. The Morgan fingerprint density at radius 2 is 2.33 bits per heavy atom. The van der Waals surface area contributed by atoms with Gasteiger partial charge in [-0.3, -0.25) is 10.1 Å². The van der Waals surface area contributed by atoms with Gasteiger partial charge in [-0.25, -0.2) is 5.10 Å². The van der Waals surface area contributed by atoms with Gasteiger partial charge < -0.3 is 9.30 Å². The minimum Gasteiger partial charge on any atom is -0.466 e. The van der Waals surface area contributed by atoms with Crippen LogP contribution in [0.15, 0.2) is 18.3 Å². The van der Waals surface area contributed by atoms with Gasteiger partial charge in [0.05, 0.1) is 7.11 Å². The van der Waals surface area contributed by atoms with Crippen molar-refractivity contribution in [3.63, 3.8) is 0 Å². The highest BCUT2D eigenvalue weighted by atomic mass is 16.5. The normalized spacial score (nSPS) is 10.7. The number of methoxy groups -OCH3 is 1. The number of ether oxygens (including phenoxy) is 1. The van der Waals surface area contributed by atoms with E-state index in [1.165, 1.54) is 7.11 Å². The van der Waals surface area contributed by atoms with Crippen LogP contribution >= 0.6 is 0 Å². The van der Waals surface area contributed by atoms with E-state index in [0.29, 0.717) is 5.69 Å². The number of aromatic nitrogens is 4. The maximum atomic E-state index is 12.0. The molecule has 18 heavy (non-hydrogen) atoms. The Bertz CT molecular complexity index is 543. The van der Waals surface area contributed by atoms with Crippen molar-refractivity contribution in [1.82, 2.24) is 19.7 Å². The zero-order valence-corrected chi connectivity index (χ0v) is 10.5. The SMILES string of the molecule is COc1n[nH]c(NC(=O)c2cccn2C(C)C)n1. The summed E-state index contributed by atoms with van der Waals surface area (Å²) in [7, 11) is 1.46. The average Bonchev–Trinajstić information content (AvgIpc) is 2.96. The fourth-order valence-corrected chi connectivity index (χ4v) is 1.60. The van der Waals surface area contributed by atoms with Crippen molar-refractivity contribution in [3.8, 4) is 6.01 Å². The minimum atomic E-state index is -0.243. The molecule has 0 atom stereocenters. The molecule has 0 aliphatic heterocycles. The first kappa shape index (κ1) is 12.2. The summed E-state index contributed by atoms with van der Waals surface area (Å²) in [6, 6.07) is 3.98. The Morgan fingerprint density at radius 1 is 1.56 bits per heavy atom. The van der Waals surface area contributed by atoms with Crippen molar-refractivity contribution in [2.75, 3.05) is 12.4 Å². The van der Waals surface area contributed by atoms with E-state index in [9.17, 15) is 4.79 Å². The number of hydrogen-bond acceptors (Lipinski definition) is 4. The standard InChI is InChI=1S/C11H15N5O2/c1-7(2)16-6-4-5-8(16)9(17)12-10-13-11(18-3)15-14-10/h4-7H,1-3H3,(H2,12,13,14,15,17). The van der Waals surface area contributed by atoms with Crippen LogP contribution in [0.3, 0.4) is 0 Å². The third-order valence-electron chi connectivity index (χ3n) is 2.45. The maximum Gasteiger partial charge on any atom is 0.336 e. The van der Waals surface area contributed by atoms with Crippen molar-refractivity contribution in [1.29, 1.82) is 0 Å². The molecule has 7 heteroatoms. The van der Waals surface area contributed by atoms with Gasteiger partial charge in [-0.1, -0.05) is 0 Å². The first-order chi connectivity index (χ1) is 8.61. The van der Waals surface area contributed by atoms with Crippen LogP contribution in [0.4, 0.5) is 5.95 Å². The molecule has 0 aromatic carbocycles. The predicted molar refractivity (Wildman–Crippen MR) is 65.7 cm³/mol. The smallest absolute Gasteiger partial charge is 0.336 e. The summed E-state index contributed by atoms with van der Waals surface area (Å²) in [6.45, 7) is 4.02. The molecule has 0 aliphatic carbocycles. The molecule has 96 valence electrons. The van der Waals surface area contributed by atoms with Crippen molar-refractivity contribution in [2.45, 2.75) is 19.9 Å². The number of hydrogen-bond donors (Lipinski definition) is 2. The monoisotopic (exact) mass is 249 g/mol. The maximum absolute atomic E-state index is 12.0. The molecule has 0 unspecified atom stereocenters. The topological polar surface area (TPSA) is 84.8 Å². The highest BCUT2D eigenvalue weighted by Gasteiger charge is 2.14. The van der Waals surface area contributed by atoms with Crippen LogP contribution in [-0.2, 0) is 0 Å². The largest absolute Gasteiger partial charge is 0.466 e. The van der Waals surface area contributed by atoms with Gasteiger partial charge in [-0.05, 0) is 26.0 Å². The van der Waals surface area contributed by atoms with Crippen LogP contribution in [0.1, 0.15) is 30.4 Å². The lowest BCUT2D eigenvalue weighted by molar-refractivity contribution is 0.101. The lowest BCUT2D eigenvalue weighted by Crippen LogP contribution is -2.18. The number of nitrogens with zero attached hydrogens (tertiary/aromatic N) is 3. The van der Waals surface area contributed by atoms with Crippen LogP contribution in [0.2, 0.25) is 0 Å². The molecule has 1 amide bonds. The van der Waals surface area contributed by atoms with E-state index in [2.05, 4.69) is 20.5 Å². The molecule has 2 N–H and O–H groups in total. The summed E-state index contributed by atoms with van der Waals surface area (Å²) in [4.78, 5) is 16.0. The summed E-state index contributed by atoms with van der Waals surface area (Å²) >= 11 is 0. The van der Waals surface area contributed by atoms with Crippen molar-refractivity contribution < 1.29 is 9.53 Å². The molecule has 2 aromatic heterocycles. The summed E-state index contributed by atoms with van der Waals surface area (Å²) < 4.78 is 6.70. The quantitative estimate of drug-likeness (QED) is 0.858. The second kappa shape index (κ2) is 4.91.